The van der Waals surface area contributed by atoms with Crippen molar-refractivity contribution < 1.29 is 19.2 Å². The van der Waals surface area contributed by atoms with Crippen LogP contribution >= 0.6 is 55.1 Å². The second kappa shape index (κ2) is 9.26. The molecule has 0 unspecified atom stereocenters. The lowest BCUT2D eigenvalue weighted by atomic mass is 10.0. The van der Waals surface area contributed by atoms with Crippen LogP contribution in [0, 0.1) is 0 Å². The van der Waals surface area contributed by atoms with Crippen molar-refractivity contribution in [3.8, 4) is 0 Å². The summed E-state index contributed by atoms with van der Waals surface area (Å²) in [6.45, 7) is 0. The molecule has 0 radical (unpaired) electrons. The molecule has 1 aliphatic carbocycles. The third-order valence-electron chi connectivity index (χ3n) is 4.01. The van der Waals surface area contributed by atoms with E-state index in [0.717, 1.165) is 0 Å². The average Bonchev–Trinajstić information content (AvgIpc) is 2.73. The molecule has 0 spiro atoms. The number of nitrogens with one attached hydrogen (secondary N) is 2. The second-order valence-corrected chi connectivity index (χ2v) is 8.30. The minimum atomic E-state index is -0.712. The number of carbonyl (C=O) groups is 4. The molecule has 10 heteroatoms. The van der Waals surface area contributed by atoms with E-state index in [1.54, 1.807) is 24.3 Å². The number of ketones is 2. The van der Waals surface area contributed by atoms with Crippen LogP contribution in [0.15, 0.2) is 68.9 Å². The van der Waals surface area contributed by atoms with Crippen LogP contribution in [0.4, 0.5) is 0 Å². The molecule has 1 aliphatic rings. The first kappa shape index (κ1) is 22.4. The summed E-state index contributed by atoms with van der Waals surface area (Å²) in [6, 6.07) is 12.5. The number of benzene rings is 2. The molecule has 0 saturated carbocycles. The summed E-state index contributed by atoms with van der Waals surface area (Å²) < 4.78 is -0.434. The third-order valence-corrected chi connectivity index (χ3v) is 6.18. The molecule has 2 amide bonds. The molecule has 0 heterocycles. The molecule has 30 heavy (non-hydrogen) atoms. The van der Waals surface area contributed by atoms with Gasteiger partial charge in [0.05, 0.1) is 30.1 Å². The SMILES string of the molecule is O=C1C(Br)=C(NC(=O)c2ccccc2Cl)C(=O)C(Br)=C1NC(=O)c1ccccc1Cl. The van der Waals surface area contributed by atoms with Gasteiger partial charge in [-0.2, -0.15) is 0 Å². The van der Waals surface area contributed by atoms with E-state index in [1.807, 2.05) is 0 Å². The predicted molar refractivity (Wildman–Crippen MR) is 120 cm³/mol. The molecular weight excluding hydrogens is 563 g/mol. The van der Waals surface area contributed by atoms with Crippen molar-refractivity contribution in [3.63, 3.8) is 0 Å². The van der Waals surface area contributed by atoms with E-state index in [4.69, 9.17) is 23.2 Å². The number of Topliss-reactive ketones (excluding diaryl/α,β-unsaturated/α-hetero) is 2. The fourth-order valence-corrected chi connectivity index (χ4v) is 3.92. The molecule has 0 aromatic heterocycles. The van der Waals surface area contributed by atoms with E-state index >= 15 is 0 Å². The molecule has 2 aromatic rings. The summed E-state index contributed by atoms with van der Waals surface area (Å²) in [6.07, 6.45) is 0. The van der Waals surface area contributed by atoms with Gasteiger partial charge >= 0.3 is 0 Å². The van der Waals surface area contributed by atoms with Crippen LogP contribution in [0.3, 0.4) is 0 Å². The molecule has 2 N–H and O–H groups in total. The lowest BCUT2D eigenvalue weighted by Crippen LogP contribution is -2.37. The number of hydrogen-bond donors (Lipinski definition) is 2. The highest BCUT2D eigenvalue weighted by molar-refractivity contribution is 9.12. The number of amides is 2. The van der Waals surface area contributed by atoms with Crippen LogP contribution in [0.2, 0.25) is 10.0 Å². The van der Waals surface area contributed by atoms with Crippen molar-refractivity contribution in [1.29, 1.82) is 0 Å². The van der Waals surface area contributed by atoms with Crippen LogP contribution in [0.25, 0.3) is 0 Å². The monoisotopic (exact) mass is 570 g/mol. The Bertz CT molecular complexity index is 1080. The van der Waals surface area contributed by atoms with Crippen LogP contribution in [-0.4, -0.2) is 23.4 Å². The summed E-state index contributed by atoms with van der Waals surface area (Å²) in [5, 5.41) is 5.15. The van der Waals surface area contributed by atoms with Crippen LogP contribution in [-0.2, 0) is 9.59 Å². The maximum absolute atomic E-state index is 12.8. The average molecular weight is 573 g/mol. The van der Waals surface area contributed by atoms with Gasteiger partial charge in [-0.05, 0) is 56.1 Å². The molecule has 2 aromatic carbocycles. The Labute approximate surface area is 197 Å². The first-order valence-corrected chi connectivity index (χ1v) is 10.6. The Hall–Kier alpha value is -2.26. The molecule has 0 aliphatic heterocycles. The molecule has 0 fully saturated rings. The summed E-state index contributed by atoms with van der Waals surface area (Å²) in [5.74, 6) is -2.76. The van der Waals surface area contributed by atoms with E-state index in [0.29, 0.717) is 0 Å². The van der Waals surface area contributed by atoms with Crippen LogP contribution in [0.5, 0.6) is 0 Å². The van der Waals surface area contributed by atoms with E-state index in [9.17, 15) is 19.2 Å². The smallest absolute Gasteiger partial charge is 0.257 e. The Morgan fingerprint density at radius 1 is 0.667 bits per heavy atom. The van der Waals surface area contributed by atoms with Crippen molar-refractivity contribution >= 4 is 78.4 Å². The topological polar surface area (TPSA) is 92.3 Å². The van der Waals surface area contributed by atoms with Gasteiger partial charge in [-0.25, -0.2) is 0 Å². The van der Waals surface area contributed by atoms with Crippen molar-refractivity contribution in [1.82, 2.24) is 10.6 Å². The Morgan fingerprint density at radius 3 is 1.33 bits per heavy atom. The highest BCUT2D eigenvalue weighted by Gasteiger charge is 2.35. The molecule has 6 nitrogen and oxygen atoms in total. The van der Waals surface area contributed by atoms with E-state index < -0.39 is 23.4 Å². The van der Waals surface area contributed by atoms with E-state index in [-0.39, 0.29) is 41.5 Å². The Balaban J connectivity index is 1.87. The fraction of sp³-hybridized carbons (Fsp3) is 0. The van der Waals surface area contributed by atoms with Crippen molar-refractivity contribution in [2.45, 2.75) is 0 Å². The fourth-order valence-electron chi connectivity index (χ4n) is 2.52. The summed E-state index contributed by atoms with van der Waals surface area (Å²) in [4.78, 5) is 50.5. The zero-order chi connectivity index (χ0) is 22.0. The molecule has 0 atom stereocenters. The van der Waals surface area contributed by atoms with Crippen molar-refractivity contribution in [2.75, 3.05) is 0 Å². The summed E-state index contributed by atoms with van der Waals surface area (Å²) in [7, 11) is 0. The highest BCUT2D eigenvalue weighted by Crippen LogP contribution is 2.30. The Morgan fingerprint density at radius 2 is 1.00 bits per heavy atom. The van der Waals surface area contributed by atoms with Gasteiger partial charge in [0.25, 0.3) is 11.8 Å². The van der Waals surface area contributed by atoms with Gasteiger partial charge in [-0.1, -0.05) is 47.5 Å². The second-order valence-electron chi connectivity index (χ2n) is 5.90. The first-order valence-electron chi connectivity index (χ1n) is 8.23. The maximum atomic E-state index is 12.8. The zero-order valence-electron chi connectivity index (χ0n) is 14.8. The largest absolute Gasteiger partial charge is 0.318 e. The van der Waals surface area contributed by atoms with Crippen LogP contribution < -0.4 is 10.6 Å². The van der Waals surface area contributed by atoms with Crippen molar-refractivity contribution in [3.05, 3.63) is 90.1 Å². The molecule has 0 saturated heterocycles. The normalized spacial score (nSPS) is 14.1. The van der Waals surface area contributed by atoms with Gasteiger partial charge in [0.1, 0.15) is 11.4 Å². The molecule has 152 valence electrons. The molecule has 0 bridgehead atoms. The summed E-state index contributed by atoms with van der Waals surface area (Å²) >= 11 is 18.1. The first-order chi connectivity index (χ1) is 14.2. The van der Waals surface area contributed by atoms with Gasteiger partial charge < -0.3 is 10.6 Å². The van der Waals surface area contributed by atoms with E-state index in [1.165, 1.54) is 24.3 Å². The minimum Gasteiger partial charge on any atom is -0.318 e. The number of carbonyl (C=O) groups excluding carboxylic acids is 4. The zero-order valence-corrected chi connectivity index (χ0v) is 19.4. The number of hydrogen-bond acceptors (Lipinski definition) is 4. The quantitative estimate of drug-likeness (QED) is 0.527. The summed E-state index contributed by atoms with van der Waals surface area (Å²) in [5.41, 5.74) is -0.310. The molecular formula is C20H10Br2Cl2N2O4. The predicted octanol–water partition coefficient (Wildman–Crippen LogP) is 4.52. The highest BCUT2D eigenvalue weighted by atomic mass is 79.9. The van der Waals surface area contributed by atoms with Crippen molar-refractivity contribution in [2.24, 2.45) is 0 Å². The van der Waals surface area contributed by atoms with Crippen LogP contribution in [0.1, 0.15) is 20.7 Å². The maximum Gasteiger partial charge on any atom is 0.257 e. The van der Waals surface area contributed by atoms with Gasteiger partial charge in [0, 0.05) is 0 Å². The lowest BCUT2D eigenvalue weighted by molar-refractivity contribution is -0.115. The third kappa shape index (κ3) is 4.41. The number of allylic oxidation sites excluding steroid dienone is 2. The number of halogens is 4. The lowest BCUT2D eigenvalue weighted by Gasteiger charge is -2.20. The van der Waals surface area contributed by atoms with Gasteiger partial charge in [0.2, 0.25) is 11.6 Å². The number of rotatable bonds is 4. The molecule has 3 rings (SSSR count). The van der Waals surface area contributed by atoms with E-state index in [2.05, 4.69) is 42.5 Å². The standard InChI is InChI=1S/C20H10Br2Cl2N2O4/c21-13-15(25-19(29)9-5-1-3-7-11(9)23)17(27)14(22)16(18(13)28)26-20(30)10-6-2-4-8-12(10)24/h1-8H,(H,25,29)(H,26,30). The minimum absolute atomic E-state index is 0.130. The Kier molecular flexibility index (Phi) is 6.92. The van der Waals surface area contributed by atoms with Gasteiger partial charge in [-0.15, -0.1) is 0 Å². The van der Waals surface area contributed by atoms with Gasteiger partial charge in [-0.3, -0.25) is 19.2 Å². The van der Waals surface area contributed by atoms with Gasteiger partial charge in [0.15, 0.2) is 0 Å².